The molecule has 2 unspecified atom stereocenters. The highest BCUT2D eigenvalue weighted by atomic mass is 16.5. The van der Waals surface area contributed by atoms with Crippen LogP contribution in [0.15, 0.2) is 6.20 Å². The fourth-order valence-electron chi connectivity index (χ4n) is 2.42. The van der Waals surface area contributed by atoms with Gasteiger partial charge in [-0.2, -0.15) is 0 Å². The van der Waals surface area contributed by atoms with Gasteiger partial charge in [0.2, 0.25) is 5.95 Å². The van der Waals surface area contributed by atoms with Crippen LogP contribution in [0.4, 0.5) is 5.95 Å². The third-order valence-electron chi connectivity index (χ3n) is 3.49. The summed E-state index contributed by atoms with van der Waals surface area (Å²) in [5, 5.41) is 3.43. The number of anilines is 1. The van der Waals surface area contributed by atoms with Crippen molar-refractivity contribution >= 4 is 5.95 Å². The number of hydrogen-bond acceptors (Lipinski definition) is 3. The quantitative estimate of drug-likeness (QED) is 0.809. The molecule has 1 fully saturated rings. The van der Waals surface area contributed by atoms with Crippen LogP contribution >= 0.6 is 0 Å². The number of nitrogens with one attached hydrogen (secondary N) is 1. The molecular formula is C14H25N3O. The van der Waals surface area contributed by atoms with Gasteiger partial charge in [-0.15, -0.1) is 0 Å². The van der Waals surface area contributed by atoms with Crippen molar-refractivity contribution in [1.82, 2.24) is 9.55 Å². The molecule has 1 aliphatic rings. The number of imidazole rings is 1. The average Bonchev–Trinajstić information content (AvgIpc) is 3.02. The normalized spacial score (nSPS) is 18.7. The predicted molar refractivity (Wildman–Crippen MR) is 74.0 cm³/mol. The Hall–Kier alpha value is -1.03. The summed E-state index contributed by atoms with van der Waals surface area (Å²) in [6, 6.07) is 0.805. The Balaban J connectivity index is 2.03. The van der Waals surface area contributed by atoms with E-state index in [-0.39, 0.29) is 6.04 Å². The zero-order valence-corrected chi connectivity index (χ0v) is 11.9. The molecule has 0 bridgehead atoms. The van der Waals surface area contributed by atoms with Gasteiger partial charge < -0.3 is 14.6 Å². The number of rotatable bonds is 7. The van der Waals surface area contributed by atoms with E-state index in [2.05, 4.69) is 34.9 Å². The van der Waals surface area contributed by atoms with Crippen LogP contribution < -0.4 is 5.32 Å². The van der Waals surface area contributed by atoms with Crippen LogP contribution in [0.2, 0.25) is 0 Å². The predicted octanol–water partition coefficient (Wildman–Crippen LogP) is 3.00. The minimum atomic E-state index is 0.281. The number of hydrogen-bond donors (Lipinski definition) is 1. The molecule has 1 aromatic rings. The maximum atomic E-state index is 5.16. The highest BCUT2D eigenvalue weighted by Gasteiger charge is 2.25. The van der Waals surface area contributed by atoms with Crippen molar-refractivity contribution in [1.29, 1.82) is 0 Å². The largest absolute Gasteiger partial charge is 0.383 e. The molecule has 0 amide bonds. The first-order chi connectivity index (χ1) is 8.60. The third kappa shape index (κ3) is 3.48. The molecule has 102 valence electrons. The lowest BCUT2D eigenvalue weighted by Crippen LogP contribution is -2.23. The Labute approximate surface area is 110 Å². The van der Waals surface area contributed by atoms with Gasteiger partial charge in [0.05, 0.1) is 12.3 Å². The Morgan fingerprint density at radius 1 is 1.50 bits per heavy atom. The average molecular weight is 251 g/mol. The molecule has 0 radical (unpaired) electrons. The summed E-state index contributed by atoms with van der Waals surface area (Å²) < 4.78 is 7.44. The molecule has 18 heavy (non-hydrogen) atoms. The van der Waals surface area contributed by atoms with E-state index in [0.29, 0.717) is 12.6 Å². The van der Waals surface area contributed by atoms with Crippen molar-refractivity contribution in [2.45, 2.75) is 52.1 Å². The maximum Gasteiger partial charge on any atom is 0.203 e. The number of methoxy groups -OCH3 is 1. The molecule has 1 aromatic heterocycles. The number of aryl methyl sites for hydroxylation is 1. The van der Waals surface area contributed by atoms with E-state index in [0.717, 1.165) is 17.6 Å². The van der Waals surface area contributed by atoms with Crippen LogP contribution in [0.1, 0.15) is 44.8 Å². The standard InChI is InChI=1S/C14H25N3O/c1-10-8-17(12(3)7-13-5-6-13)14(15-10)16-11(2)9-18-4/h8,11-13H,5-7,9H2,1-4H3,(H,15,16). The molecule has 1 saturated carbocycles. The molecule has 4 nitrogen and oxygen atoms in total. The van der Waals surface area contributed by atoms with E-state index in [9.17, 15) is 0 Å². The summed E-state index contributed by atoms with van der Waals surface area (Å²) in [4.78, 5) is 4.58. The molecule has 2 atom stereocenters. The van der Waals surface area contributed by atoms with Crippen molar-refractivity contribution in [3.8, 4) is 0 Å². The highest BCUT2D eigenvalue weighted by molar-refractivity contribution is 5.30. The fourth-order valence-corrected chi connectivity index (χ4v) is 2.42. The van der Waals surface area contributed by atoms with E-state index in [1.807, 2.05) is 6.92 Å². The van der Waals surface area contributed by atoms with Gasteiger partial charge in [0.15, 0.2) is 0 Å². The second kappa shape index (κ2) is 5.74. The van der Waals surface area contributed by atoms with Gasteiger partial charge in [0.1, 0.15) is 0 Å². The Bertz CT molecular complexity index is 384. The summed E-state index contributed by atoms with van der Waals surface area (Å²) in [5.41, 5.74) is 1.07. The van der Waals surface area contributed by atoms with E-state index >= 15 is 0 Å². The van der Waals surface area contributed by atoms with Crippen molar-refractivity contribution in [2.24, 2.45) is 5.92 Å². The van der Waals surface area contributed by atoms with Crippen LogP contribution in [0, 0.1) is 12.8 Å². The van der Waals surface area contributed by atoms with E-state index < -0.39 is 0 Å². The van der Waals surface area contributed by atoms with Crippen LogP contribution in [0.5, 0.6) is 0 Å². The first kappa shape index (κ1) is 13.4. The highest BCUT2D eigenvalue weighted by Crippen LogP contribution is 2.37. The minimum Gasteiger partial charge on any atom is -0.383 e. The minimum absolute atomic E-state index is 0.281. The van der Waals surface area contributed by atoms with Crippen LogP contribution in [-0.4, -0.2) is 29.3 Å². The Morgan fingerprint density at radius 3 is 2.83 bits per heavy atom. The van der Waals surface area contributed by atoms with E-state index in [1.54, 1.807) is 7.11 Å². The van der Waals surface area contributed by atoms with Crippen molar-refractivity contribution < 1.29 is 4.74 Å². The second-order valence-electron chi connectivity index (χ2n) is 5.64. The lowest BCUT2D eigenvalue weighted by atomic mass is 10.1. The van der Waals surface area contributed by atoms with Crippen LogP contribution in [0.3, 0.4) is 0 Å². The first-order valence-electron chi connectivity index (χ1n) is 6.91. The SMILES string of the molecule is COCC(C)Nc1nc(C)cn1C(C)CC1CC1. The number of aromatic nitrogens is 2. The van der Waals surface area contributed by atoms with Crippen LogP contribution in [0.25, 0.3) is 0 Å². The van der Waals surface area contributed by atoms with E-state index in [4.69, 9.17) is 4.74 Å². The molecule has 0 saturated heterocycles. The van der Waals surface area contributed by atoms with Gasteiger partial charge in [0, 0.05) is 25.4 Å². The van der Waals surface area contributed by atoms with Crippen molar-refractivity contribution in [3.05, 3.63) is 11.9 Å². The Kier molecular flexibility index (Phi) is 4.27. The van der Waals surface area contributed by atoms with Gasteiger partial charge in [-0.3, -0.25) is 0 Å². The summed E-state index contributed by atoms with van der Waals surface area (Å²) in [5.74, 6) is 1.91. The molecule has 1 N–H and O–H groups in total. The smallest absolute Gasteiger partial charge is 0.203 e. The van der Waals surface area contributed by atoms with Crippen LogP contribution in [-0.2, 0) is 4.74 Å². The third-order valence-corrected chi connectivity index (χ3v) is 3.49. The zero-order chi connectivity index (χ0) is 13.1. The lowest BCUT2D eigenvalue weighted by molar-refractivity contribution is 0.190. The summed E-state index contributed by atoms with van der Waals surface area (Å²) in [6.07, 6.45) is 6.22. The zero-order valence-electron chi connectivity index (χ0n) is 11.9. The second-order valence-corrected chi connectivity index (χ2v) is 5.64. The first-order valence-corrected chi connectivity index (χ1v) is 6.91. The lowest BCUT2D eigenvalue weighted by Gasteiger charge is -2.19. The fraction of sp³-hybridized carbons (Fsp3) is 0.786. The van der Waals surface area contributed by atoms with Gasteiger partial charge >= 0.3 is 0 Å². The molecule has 4 heteroatoms. The molecule has 0 spiro atoms. The summed E-state index contributed by atoms with van der Waals surface area (Å²) in [6.45, 7) is 7.14. The number of ether oxygens (including phenoxy) is 1. The van der Waals surface area contributed by atoms with Crippen molar-refractivity contribution in [3.63, 3.8) is 0 Å². The molecule has 0 aliphatic heterocycles. The molecule has 0 aromatic carbocycles. The molecule has 1 aliphatic carbocycles. The maximum absolute atomic E-state index is 5.16. The van der Waals surface area contributed by atoms with Gasteiger partial charge in [-0.1, -0.05) is 12.8 Å². The van der Waals surface area contributed by atoms with Crippen molar-refractivity contribution in [2.75, 3.05) is 19.0 Å². The summed E-state index contributed by atoms with van der Waals surface area (Å²) in [7, 11) is 1.73. The van der Waals surface area contributed by atoms with Gasteiger partial charge in [0.25, 0.3) is 0 Å². The topological polar surface area (TPSA) is 39.1 Å². The van der Waals surface area contributed by atoms with E-state index in [1.165, 1.54) is 19.3 Å². The van der Waals surface area contributed by atoms with Gasteiger partial charge in [-0.25, -0.2) is 4.98 Å². The molecule has 2 rings (SSSR count). The van der Waals surface area contributed by atoms with Gasteiger partial charge in [-0.05, 0) is 33.1 Å². The molecule has 1 heterocycles. The summed E-state index contributed by atoms with van der Waals surface area (Å²) >= 11 is 0. The molecular weight excluding hydrogens is 226 g/mol. The Morgan fingerprint density at radius 2 is 2.22 bits per heavy atom. The number of nitrogens with zero attached hydrogens (tertiary/aromatic N) is 2. The monoisotopic (exact) mass is 251 g/mol.